The highest BCUT2D eigenvalue weighted by molar-refractivity contribution is 5.20. The number of hydrogen-bond acceptors (Lipinski definition) is 2. The first-order valence-corrected chi connectivity index (χ1v) is 7.00. The van der Waals surface area contributed by atoms with E-state index in [0.717, 1.165) is 38.5 Å². The highest BCUT2D eigenvalue weighted by Crippen LogP contribution is 2.21. The van der Waals surface area contributed by atoms with E-state index in [0.29, 0.717) is 12.0 Å². The van der Waals surface area contributed by atoms with E-state index in [2.05, 4.69) is 12.2 Å². The van der Waals surface area contributed by atoms with Crippen LogP contribution in [0.25, 0.3) is 0 Å². The van der Waals surface area contributed by atoms with Crippen molar-refractivity contribution in [2.24, 2.45) is 0 Å². The summed E-state index contributed by atoms with van der Waals surface area (Å²) in [6, 6.07) is 4.41. The van der Waals surface area contributed by atoms with Crippen LogP contribution in [0.5, 0.6) is 0 Å². The van der Waals surface area contributed by atoms with Gasteiger partial charge in [-0.3, -0.25) is 0 Å². The molecule has 0 bridgehead atoms. The topological polar surface area (TPSA) is 21.3 Å². The fourth-order valence-corrected chi connectivity index (χ4v) is 2.53. The monoisotopic (exact) mass is 269 g/mol. The summed E-state index contributed by atoms with van der Waals surface area (Å²) in [6.45, 7) is 3.71. The van der Waals surface area contributed by atoms with Crippen LogP contribution in [0.4, 0.5) is 8.78 Å². The molecule has 1 aliphatic rings. The molecule has 1 aromatic carbocycles. The number of halogens is 2. The Morgan fingerprint density at radius 2 is 2.26 bits per heavy atom. The van der Waals surface area contributed by atoms with Gasteiger partial charge in [-0.25, -0.2) is 8.78 Å². The van der Waals surface area contributed by atoms with Gasteiger partial charge in [0.15, 0.2) is 11.6 Å². The molecule has 1 saturated heterocycles. The van der Waals surface area contributed by atoms with E-state index in [1.165, 1.54) is 0 Å². The van der Waals surface area contributed by atoms with E-state index in [9.17, 15) is 8.78 Å². The normalized spacial score (nSPS) is 20.7. The lowest BCUT2D eigenvalue weighted by molar-refractivity contribution is 0.0781. The summed E-state index contributed by atoms with van der Waals surface area (Å²) < 4.78 is 32.6. The zero-order valence-corrected chi connectivity index (χ0v) is 11.3. The Balaban J connectivity index is 2.07. The molecular weight excluding hydrogens is 248 g/mol. The maximum absolute atomic E-state index is 13.7. The number of ether oxygens (including phenoxy) is 1. The Morgan fingerprint density at radius 1 is 1.42 bits per heavy atom. The average Bonchev–Trinajstić information content (AvgIpc) is 2.93. The van der Waals surface area contributed by atoms with Crippen molar-refractivity contribution in [2.45, 2.75) is 44.8 Å². The van der Waals surface area contributed by atoms with Crippen LogP contribution in [0.1, 0.15) is 31.7 Å². The van der Waals surface area contributed by atoms with Gasteiger partial charge < -0.3 is 10.1 Å². The lowest BCUT2D eigenvalue weighted by Crippen LogP contribution is -2.41. The van der Waals surface area contributed by atoms with Gasteiger partial charge in [0.25, 0.3) is 0 Å². The van der Waals surface area contributed by atoms with Gasteiger partial charge in [0, 0.05) is 12.6 Å². The van der Waals surface area contributed by atoms with E-state index in [1.54, 1.807) is 12.1 Å². The quantitative estimate of drug-likeness (QED) is 0.857. The van der Waals surface area contributed by atoms with Crippen LogP contribution in [-0.2, 0) is 11.2 Å². The Kier molecular flexibility index (Phi) is 5.28. The first-order valence-electron chi connectivity index (χ1n) is 7.00. The molecule has 19 heavy (non-hydrogen) atoms. The van der Waals surface area contributed by atoms with E-state index in [-0.39, 0.29) is 12.1 Å². The molecule has 106 valence electrons. The van der Waals surface area contributed by atoms with Crippen LogP contribution >= 0.6 is 0 Å². The summed E-state index contributed by atoms with van der Waals surface area (Å²) in [5, 5.41) is 3.39. The lowest BCUT2D eigenvalue weighted by atomic mass is 9.98. The molecule has 1 heterocycles. The van der Waals surface area contributed by atoms with Crippen LogP contribution in [0.3, 0.4) is 0 Å². The molecule has 0 spiro atoms. The summed E-state index contributed by atoms with van der Waals surface area (Å²) >= 11 is 0. The molecular formula is C15H21F2NO. The number of nitrogens with one attached hydrogen (secondary N) is 1. The molecule has 0 amide bonds. The Morgan fingerprint density at radius 3 is 2.95 bits per heavy atom. The first kappa shape index (κ1) is 14.4. The van der Waals surface area contributed by atoms with Gasteiger partial charge >= 0.3 is 0 Å². The smallest absolute Gasteiger partial charge is 0.162 e. The van der Waals surface area contributed by atoms with Crippen LogP contribution in [0.15, 0.2) is 18.2 Å². The zero-order valence-electron chi connectivity index (χ0n) is 11.3. The van der Waals surface area contributed by atoms with Gasteiger partial charge in [0.1, 0.15) is 0 Å². The predicted molar refractivity (Wildman–Crippen MR) is 71.1 cm³/mol. The minimum atomic E-state index is -0.779. The third-order valence-electron chi connectivity index (χ3n) is 3.54. The maximum Gasteiger partial charge on any atom is 0.162 e. The molecule has 2 nitrogen and oxygen atoms in total. The van der Waals surface area contributed by atoms with Crippen molar-refractivity contribution in [3.05, 3.63) is 35.4 Å². The van der Waals surface area contributed by atoms with E-state index < -0.39 is 11.6 Å². The maximum atomic E-state index is 13.7. The van der Waals surface area contributed by atoms with Crippen molar-refractivity contribution in [3.8, 4) is 0 Å². The van der Waals surface area contributed by atoms with Gasteiger partial charge in [-0.05, 0) is 43.9 Å². The predicted octanol–water partition coefficient (Wildman–Crippen LogP) is 3.05. The van der Waals surface area contributed by atoms with Crippen molar-refractivity contribution in [1.29, 1.82) is 0 Å². The van der Waals surface area contributed by atoms with E-state index in [4.69, 9.17) is 4.74 Å². The minimum absolute atomic E-state index is 0.0544. The second-order valence-corrected chi connectivity index (χ2v) is 5.03. The molecule has 2 atom stereocenters. The van der Waals surface area contributed by atoms with Crippen LogP contribution < -0.4 is 5.32 Å². The second kappa shape index (κ2) is 6.96. The summed E-state index contributed by atoms with van der Waals surface area (Å²) in [5.74, 6) is -1.51. The van der Waals surface area contributed by atoms with Crippen LogP contribution in [-0.4, -0.2) is 25.3 Å². The summed E-state index contributed by atoms with van der Waals surface area (Å²) in [5.41, 5.74) is 0.420. The van der Waals surface area contributed by atoms with Crippen molar-refractivity contribution in [1.82, 2.24) is 5.32 Å². The summed E-state index contributed by atoms with van der Waals surface area (Å²) in [6.07, 6.45) is 3.61. The Hall–Kier alpha value is -1.00. The van der Waals surface area contributed by atoms with Gasteiger partial charge in [-0.1, -0.05) is 19.1 Å². The SMILES string of the molecule is CCCNC(Cc1cccc(F)c1F)C1CCCO1. The first-order chi connectivity index (χ1) is 9.22. The molecule has 1 N–H and O–H groups in total. The Bertz CT molecular complexity index is 405. The fourth-order valence-electron chi connectivity index (χ4n) is 2.53. The average molecular weight is 269 g/mol. The van der Waals surface area contributed by atoms with Crippen molar-refractivity contribution in [2.75, 3.05) is 13.2 Å². The summed E-state index contributed by atoms with van der Waals surface area (Å²) in [4.78, 5) is 0. The molecule has 1 aromatic rings. The number of hydrogen-bond donors (Lipinski definition) is 1. The summed E-state index contributed by atoms with van der Waals surface area (Å²) in [7, 11) is 0. The highest BCUT2D eigenvalue weighted by atomic mass is 19.2. The van der Waals surface area contributed by atoms with Crippen molar-refractivity contribution >= 4 is 0 Å². The highest BCUT2D eigenvalue weighted by Gasteiger charge is 2.26. The third-order valence-corrected chi connectivity index (χ3v) is 3.54. The zero-order chi connectivity index (χ0) is 13.7. The Labute approximate surface area is 113 Å². The standard InChI is InChI=1S/C15H21F2NO/c1-2-8-18-13(14-7-4-9-19-14)10-11-5-3-6-12(16)15(11)17/h3,5-6,13-14,18H,2,4,7-10H2,1H3. The molecule has 0 saturated carbocycles. The molecule has 0 aliphatic carbocycles. The molecule has 0 aromatic heterocycles. The second-order valence-electron chi connectivity index (χ2n) is 5.03. The van der Waals surface area contributed by atoms with Crippen LogP contribution in [0.2, 0.25) is 0 Å². The fraction of sp³-hybridized carbons (Fsp3) is 0.600. The van der Waals surface area contributed by atoms with Gasteiger partial charge in [0.05, 0.1) is 6.10 Å². The largest absolute Gasteiger partial charge is 0.377 e. The molecule has 0 radical (unpaired) electrons. The van der Waals surface area contributed by atoms with Crippen molar-refractivity contribution < 1.29 is 13.5 Å². The lowest BCUT2D eigenvalue weighted by Gasteiger charge is -2.24. The van der Waals surface area contributed by atoms with Crippen LogP contribution in [0, 0.1) is 11.6 Å². The molecule has 4 heteroatoms. The van der Waals surface area contributed by atoms with E-state index in [1.807, 2.05) is 0 Å². The molecule has 2 unspecified atom stereocenters. The van der Waals surface area contributed by atoms with Gasteiger partial charge in [-0.15, -0.1) is 0 Å². The number of benzene rings is 1. The third kappa shape index (κ3) is 3.74. The molecule has 1 fully saturated rings. The minimum Gasteiger partial charge on any atom is -0.377 e. The molecule has 2 rings (SSSR count). The van der Waals surface area contributed by atoms with E-state index >= 15 is 0 Å². The molecule has 1 aliphatic heterocycles. The van der Waals surface area contributed by atoms with Gasteiger partial charge in [0.2, 0.25) is 0 Å². The van der Waals surface area contributed by atoms with Gasteiger partial charge in [-0.2, -0.15) is 0 Å². The number of rotatable bonds is 6. The van der Waals surface area contributed by atoms with Crippen molar-refractivity contribution in [3.63, 3.8) is 0 Å².